The molecule has 1 aliphatic carbocycles. The second kappa shape index (κ2) is 8.50. The molecule has 170 valence electrons. The van der Waals surface area contributed by atoms with Crippen molar-refractivity contribution >= 4 is 16.9 Å². The van der Waals surface area contributed by atoms with Crippen molar-refractivity contribution in [2.45, 2.75) is 38.2 Å². The number of H-pyrrole nitrogens is 1. The number of aliphatic hydroxyl groups is 1. The monoisotopic (exact) mass is 445 g/mol. The quantitative estimate of drug-likeness (QED) is 0.439. The van der Waals surface area contributed by atoms with Crippen LogP contribution < -0.4 is 10.6 Å². The molecule has 0 atom stereocenters. The number of benzene rings is 2. The zero-order valence-corrected chi connectivity index (χ0v) is 17.9. The van der Waals surface area contributed by atoms with Crippen LogP contribution >= 0.6 is 0 Å². The fourth-order valence-electron chi connectivity index (χ4n) is 4.24. The van der Waals surface area contributed by atoms with E-state index < -0.39 is 17.2 Å². The number of amides is 2. The number of rotatable bonds is 6. The van der Waals surface area contributed by atoms with Gasteiger partial charge in [-0.2, -0.15) is 0 Å². The van der Waals surface area contributed by atoms with Crippen LogP contribution in [0.1, 0.15) is 38.2 Å². The van der Waals surface area contributed by atoms with Gasteiger partial charge >= 0.3 is 6.03 Å². The highest BCUT2D eigenvalue weighted by Gasteiger charge is 2.35. The third-order valence-electron chi connectivity index (χ3n) is 5.87. The number of aromatic amines is 1. The fraction of sp³-hybridized carbons (Fsp3) is 0.375. The van der Waals surface area contributed by atoms with Gasteiger partial charge in [-0.25, -0.2) is 18.0 Å². The summed E-state index contributed by atoms with van der Waals surface area (Å²) in [5, 5.41) is 15.6. The maximum Gasteiger partial charge on any atom is 0.314 e. The second-order valence-electron chi connectivity index (χ2n) is 9.14. The van der Waals surface area contributed by atoms with Gasteiger partial charge in [-0.1, -0.05) is 0 Å². The van der Waals surface area contributed by atoms with Crippen LogP contribution in [-0.2, 0) is 0 Å². The molecule has 1 heterocycles. The summed E-state index contributed by atoms with van der Waals surface area (Å²) in [7, 11) is 0. The summed E-state index contributed by atoms with van der Waals surface area (Å²) in [4.78, 5) is 15.0. The average Bonchev–Trinajstić information content (AvgIpc) is 3.04. The van der Waals surface area contributed by atoms with E-state index in [1.807, 2.05) is 0 Å². The van der Waals surface area contributed by atoms with E-state index in [0.717, 1.165) is 24.5 Å². The molecule has 32 heavy (non-hydrogen) atoms. The van der Waals surface area contributed by atoms with Crippen molar-refractivity contribution in [1.82, 2.24) is 15.6 Å². The summed E-state index contributed by atoms with van der Waals surface area (Å²) in [6, 6.07) is 7.72. The molecule has 0 spiro atoms. The van der Waals surface area contributed by atoms with Crippen molar-refractivity contribution in [2.75, 3.05) is 13.1 Å². The number of hydrogen-bond acceptors (Lipinski definition) is 2. The summed E-state index contributed by atoms with van der Waals surface area (Å²) in [5.41, 5.74) is 1.41. The Hall–Kier alpha value is -3.00. The van der Waals surface area contributed by atoms with Gasteiger partial charge in [-0.15, -0.1) is 0 Å². The topological polar surface area (TPSA) is 77.2 Å². The Labute approximate surface area is 184 Å². The maximum absolute atomic E-state index is 14.4. The first-order valence-corrected chi connectivity index (χ1v) is 10.6. The predicted molar refractivity (Wildman–Crippen MR) is 117 cm³/mol. The van der Waals surface area contributed by atoms with E-state index in [1.54, 1.807) is 26.0 Å². The first-order valence-electron chi connectivity index (χ1n) is 10.6. The number of nitrogens with one attached hydrogen (secondary N) is 3. The van der Waals surface area contributed by atoms with Crippen molar-refractivity contribution in [3.8, 4) is 11.3 Å². The summed E-state index contributed by atoms with van der Waals surface area (Å²) in [6.07, 6.45) is 1.48. The molecule has 1 saturated carbocycles. The molecule has 2 amide bonds. The normalized spacial score (nSPS) is 18.4. The van der Waals surface area contributed by atoms with Gasteiger partial charge in [0.25, 0.3) is 0 Å². The van der Waals surface area contributed by atoms with Gasteiger partial charge in [-0.05, 0) is 80.0 Å². The fourth-order valence-corrected chi connectivity index (χ4v) is 4.24. The first-order chi connectivity index (χ1) is 15.1. The van der Waals surface area contributed by atoms with Crippen LogP contribution in [0, 0.1) is 23.4 Å². The van der Waals surface area contributed by atoms with Crippen molar-refractivity contribution in [2.24, 2.45) is 5.92 Å². The number of halogens is 3. The second-order valence-corrected chi connectivity index (χ2v) is 9.14. The van der Waals surface area contributed by atoms with E-state index in [4.69, 9.17) is 0 Å². The highest BCUT2D eigenvalue weighted by molar-refractivity contribution is 5.92. The van der Waals surface area contributed by atoms with Gasteiger partial charge in [-0.3, -0.25) is 0 Å². The van der Waals surface area contributed by atoms with E-state index in [0.29, 0.717) is 23.2 Å². The number of urea groups is 1. The van der Waals surface area contributed by atoms with Crippen LogP contribution in [0.5, 0.6) is 0 Å². The zero-order chi connectivity index (χ0) is 23.0. The Morgan fingerprint density at radius 3 is 2.44 bits per heavy atom. The molecule has 0 saturated heterocycles. The summed E-state index contributed by atoms with van der Waals surface area (Å²) >= 11 is 0. The Morgan fingerprint density at radius 1 is 1.09 bits per heavy atom. The lowest BCUT2D eigenvalue weighted by atomic mass is 9.70. The van der Waals surface area contributed by atoms with Gasteiger partial charge in [0.15, 0.2) is 0 Å². The number of carbonyl (C=O) groups excluding carboxylic acids is 1. The molecule has 0 radical (unpaired) electrons. The molecule has 8 heteroatoms. The van der Waals surface area contributed by atoms with Gasteiger partial charge in [0.1, 0.15) is 17.5 Å². The van der Waals surface area contributed by atoms with Crippen LogP contribution in [0.3, 0.4) is 0 Å². The molecule has 0 aliphatic heterocycles. The van der Waals surface area contributed by atoms with Crippen molar-refractivity contribution in [3.05, 3.63) is 59.4 Å². The lowest BCUT2D eigenvalue weighted by Crippen LogP contribution is -2.45. The zero-order valence-electron chi connectivity index (χ0n) is 17.9. The van der Waals surface area contributed by atoms with E-state index in [-0.39, 0.29) is 35.7 Å². The van der Waals surface area contributed by atoms with Crippen molar-refractivity contribution in [1.29, 1.82) is 0 Å². The molecule has 1 fully saturated rings. The first kappa shape index (κ1) is 22.2. The van der Waals surface area contributed by atoms with Crippen LogP contribution in [0.25, 0.3) is 22.2 Å². The van der Waals surface area contributed by atoms with E-state index >= 15 is 0 Å². The van der Waals surface area contributed by atoms with Crippen LogP contribution in [-0.4, -0.2) is 34.8 Å². The van der Waals surface area contributed by atoms with Gasteiger partial charge < -0.3 is 20.7 Å². The molecule has 5 nitrogen and oxygen atoms in total. The molecule has 3 aromatic rings. The van der Waals surface area contributed by atoms with E-state index in [2.05, 4.69) is 15.6 Å². The number of carbonyl (C=O) groups is 1. The standard InChI is InChI=1S/C24H26F3N3O2/c1-24(2,32)12-29-23(31)28-11-13-7-15(8-13)20-18-9-17(26)10-19(27)22(18)30-21(20)14-3-5-16(25)6-4-14/h3-6,9-10,13,15,30,32H,7-8,11-12H2,1-2H3,(H2,28,29,31). The minimum absolute atomic E-state index is 0.0521. The van der Waals surface area contributed by atoms with Crippen LogP contribution in [0.2, 0.25) is 0 Å². The number of aromatic nitrogens is 1. The van der Waals surface area contributed by atoms with Crippen LogP contribution in [0.15, 0.2) is 36.4 Å². The van der Waals surface area contributed by atoms with Crippen molar-refractivity contribution < 1.29 is 23.1 Å². The molecule has 1 aromatic heterocycles. The molecule has 0 bridgehead atoms. The van der Waals surface area contributed by atoms with Gasteiger partial charge in [0.2, 0.25) is 0 Å². The third kappa shape index (κ3) is 4.75. The largest absolute Gasteiger partial charge is 0.389 e. The Kier molecular flexibility index (Phi) is 5.90. The van der Waals surface area contributed by atoms with E-state index in [1.165, 1.54) is 18.2 Å². The minimum atomic E-state index is -0.991. The molecule has 1 aliphatic rings. The average molecular weight is 445 g/mol. The van der Waals surface area contributed by atoms with Crippen molar-refractivity contribution in [3.63, 3.8) is 0 Å². The summed E-state index contributed by atoms with van der Waals surface area (Å²) in [5.74, 6) is -1.42. The van der Waals surface area contributed by atoms with Gasteiger partial charge in [0, 0.05) is 24.5 Å². The number of hydrogen-bond donors (Lipinski definition) is 4. The molecule has 0 unspecified atom stereocenters. The maximum atomic E-state index is 14.4. The smallest absolute Gasteiger partial charge is 0.314 e. The highest BCUT2D eigenvalue weighted by atomic mass is 19.1. The third-order valence-corrected chi connectivity index (χ3v) is 5.87. The highest BCUT2D eigenvalue weighted by Crippen LogP contribution is 2.48. The Balaban J connectivity index is 1.51. The Bertz CT molecular complexity index is 1130. The van der Waals surface area contributed by atoms with Crippen LogP contribution in [0.4, 0.5) is 18.0 Å². The molecule has 4 N–H and O–H groups in total. The van der Waals surface area contributed by atoms with Gasteiger partial charge in [0.05, 0.1) is 16.8 Å². The summed E-state index contributed by atoms with van der Waals surface area (Å²) in [6.45, 7) is 3.82. The van der Waals surface area contributed by atoms with E-state index in [9.17, 15) is 23.1 Å². The Morgan fingerprint density at radius 2 is 1.78 bits per heavy atom. The predicted octanol–water partition coefficient (Wildman–Crippen LogP) is 4.82. The molecular weight excluding hydrogens is 419 g/mol. The minimum Gasteiger partial charge on any atom is -0.389 e. The summed E-state index contributed by atoms with van der Waals surface area (Å²) < 4.78 is 41.8. The molecular formula is C24H26F3N3O2. The molecule has 4 rings (SSSR count). The lowest BCUT2D eigenvalue weighted by Gasteiger charge is -2.36. The SMILES string of the molecule is CC(C)(O)CNC(=O)NCC1CC(c2c(-c3ccc(F)cc3)[nH]c3c(F)cc(F)cc23)C1. The number of fused-ring (bicyclic) bond motifs is 1. The molecule has 2 aromatic carbocycles. The lowest BCUT2D eigenvalue weighted by molar-refractivity contribution is 0.0818.